The summed E-state index contributed by atoms with van der Waals surface area (Å²) in [4.78, 5) is 16.1. The fourth-order valence-corrected chi connectivity index (χ4v) is 2.63. The second-order valence-electron chi connectivity index (χ2n) is 6.50. The molecular formula is C22H30N4O3. The van der Waals surface area contributed by atoms with Crippen molar-refractivity contribution in [3.8, 4) is 11.5 Å². The molecule has 156 valence electrons. The predicted molar refractivity (Wildman–Crippen MR) is 116 cm³/mol. The van der Waals surface area contributed by atoms with E-state index in [1.807, 2.05) is 61.5 Å². The first-order chi connectivity index (χ1) is 14.1. The minimum atomic E-state index is -0.0969. The Morgan fingerprint density at radius 1 is 1.03 bits per heavy atom. The monoisotopic (exact) mass is 398 g/mol. The lowest BCUT2D eigenvalue weighted by molar-refractivity contribution is -0.119. The molecule has 0 saturated heterocycles. The number of nitrogens with one attached hydrogen (secondary N) is 3. The van der Waals surface area contributed by atoms with E-state index in [2.05, 4.69) is 20.9 Å². The van der Waals surface area contributed by atoms with Crippen molar-refractivity contribution in [1.82, 2.24) is 16.0 Å². The van der Waals surface area contributed by atoms with Gasteiger partial charge >= 0.3 is 0 Å². The van der Waals surface area contributed by atoms with Crippen molar-refractivity contribution in [3.63, 3.8) is 0 Å². The van der Waals surface area contributed by atoms with Gasteiger partial charge in [0, 0.05) is 19.7 Å². The molecule has 0 heterocycles. The van der Waals surface area contributed by atoms with Gasteiger partial charge in [-0.2, -0.15) is 0 Å². The lowest BCUT2D eigenvalue weighted by Gasteiger charge is -2.18. The molecule has 1 atom stereocenters. The summed E-state index contributed by atoms with van der Waals surface area (Å²) >= 11 is 0. The molecule has 7 heteroatoms. The number of hydrogen-bond acceptors (Lipinski definition) is 4. The highest BCUT2D eigenvalue weighted by Crippen LogP contribution is 2.19. The molecule has 0 saturated carbocycles. The van der Waals surface area contributed by atoms with E-state index in [1.54, 1.807) is 14.2 Å². The van der Waals surface area contributed by atoms with Crippen molar-refractivity contribution in [1.29, 1.82) is 0 Å². The number of ether oxygens (including phenoxy) is 2. The van der Waals surface area contributed by atoms with Crippen molar-refractivity contribution in [3.05, 3.63) is 60.2 Å². The number of hydrogen-bond donors (Lipinski definition) is 3. The van der Waals surface area contributed by atoms with Gasteiger partial charge < -0.3 is 25.4 Å². The molecule has 29 heavy (non-hydrogen) atoms. The van der Waals surface area contributed by atoms with Crippen LogP contribution in [0.1, 0.15) is 12.5 Å². The number of carbonyl (C=O) groups is 1. The van der Waals surface area contributed by atoms with Gasteiger partial charge in [0.25, 0.3) is 0 Å². The first-order valence-electron chi connectivity index (χ1n) is 9.66. The molecule has 3 N–H and O–H groups in total. The van der Waals surface area contributed by atoms with Gasteiger partial charge in [0.2, 0.25) is 5.91 Å². The molecular weight excluding hydrogens is 368 g/mol. The van der Waals surface area contributed by atoms with E-state index in [4.69, 9.17) is 9.47 Å². The number of guanidine groups is 1. The zero-order valence-electron chi connectivity index (χ0n) is 17.3. The fraction of sp³-hybridized carbons (Fsp3) is 0.364. The summed E-state index contributed by atoms with van der Waals surface area (Å²) in [6, 6.07) is 17.5. The summed E-state index contributed by atoms with van der Waals surface area (Å²) in [6.07, 6.45) is 0.707. The van der Waals surface area contributed by atoms with E-state index in [0.717, 1.165) is 17.9 Å². The molecule has 0 spiro atoms. The second kappa shape index (κ2) is 12.3. The van der Waals surface area contributed by atoms with Gasteiger partial charge in [-0.25, -0.2) is 0 Å². The lowest BCUT2D eigenvalue weighted by atomic mass is 10.1. The number of amides is 1. The summed E-state index contributed by atoms with van der Waals surface area (Å²) in [6.45, 7) is 3.24. The topological polar surface area (TPSA) is 84.0 Å². The molecule has 0 aromatic heterocycles. The highest BCUT2D eigenvalue weighted by Gasteiger charge is 2.08. The van der Waals surface area contributed by atoms with E-state index in [1.165, 1.54) is 5.56 Å². The number of rotatable bonds is 10. The summed E-state index contributed by atoms with van der Waals surface area (Å²) < 4.78 is 11.1. The third-order valence-electron chi connectivity index (χ3n) is 4.15. The van der Waals surface area contributed by atoms with E-state index < -0.39 is 0 Å². The molecule has 0 aliphatic carbocycles. The maximum Gasteiger partial charge on any atom is 0.239 e. The Morgan fingerprint density at radius 2 is 1.79 bits per heavy atom. The van der Waals surface area contributed by atoms with Crippen LogP contribution in [0.15, 0.2) is 59.6 Å². The first-order valence-corrected chi connectivity index (χ1v) is 9.66. The molecule has 2 aromatic rings. The Hall–Kier alpha value is -3.22. The van der Waals surface area contributed by atoms with Gasteiger partial charge in [-0.1, -0.05) is 36.4 Å². The van der Waals surface area contributed by atoms with Gasteiger partial charge in [-0.15, -0.1) is 0 Å². The van der Waals surface area contributed by atoms with Crippen LogP contribution in [0.4, 0.5) is 0 Å². The summed E-state index contributed by atoms with van der Waals surface area (Å²) in [5, 5.41) is 9.06. The van der Waals surface area contributed by atoms with Crippen molar-refractivity contribution in [2.45, 2.75) is 19.4 Å². The summed E-state index contributed by atoms with van der Waals surface area (Å²) in [7, 11) is 3.29. The van der Waals surface area contributed by atoms with Crippen molar-refractivity contribution >= 4 is 11.9 Å². The third-order valence-corrected chi connectivity index (χ3v) is 4.15. The maximum atomic E-state index is 12.0. The average molecular weight is 399 g/mol. The molecule has 2 rings (SSSR count). The Balaban J connectivity index is 1.65. The molecule has 2 aromatic carbocycles. The molecule has 0 aliphatic rings. The van der Waals surface area contributed by atoms with Gasteiger partial charge in [0.15, 0.2) is 5.96 Å². The van der Waals surface area contributed by atoms with Gasteiger partial charge in [0.1, 0.15) is 17.6 Å². The highest BCUT2D eigenvalue weighted by atomic mass is 16.5. The first kappa shape index (κ1) is 22.1. The molecule has 0 bridgehead atoms. The van der Waals surface area contributed by atoms with Crippen LogP contribution in [0.25, 0.3) is 0 Å². The van der Waals surface area contributed by atoms with Crippen LogP contribution in [0.5, 0.6) is 11.5 Å². The van der Waals surface area contributed by atoms with E-state index in [-0.39, 0.29) is 18.6 Å². The molecule has 0 aliphatic heterocycles. The Kier molecular flexibility index (Phi) is 9.35. The van der Waals surface area contributed by atoms with Crippen LogP contribution in [-0.4, -0.2) is 51.8 Å². The smallest absolute Gasteiger partial charge is 0.239 e. The van der Waals surface area contributed by atoms with Crippen LogP contribution < -0.4 is 25.4 Å². The number of aliphatic imine (C=N–C) groups is 1. The minimum Gasteiger partial charge on any atom is -0.497 e. The van der Waals surface area contributed by atoms with Crippen LogP contribution in [0, 0.1) is 0 Å². The fourth-order valence-electron chi connectivity index (χ4n) is 2.63. The average Bonchev–Trinajstić information content (AvgIpc) is 2.74. The molecule has 1 amide bonds. The Morgan fingerprint density at radius 3 is 2.52 bits per heavy atom. The maximum absolute atomic E-state index is 12.0. The third kappa shape index (κ3) is 8.55. The zero-order chi connectivity index (χ0) is 20.9. The summed E-state index contributed by atoms with van der Waals surface area (Å²) in [5.41, 5.74) is 1.20. The van der Waals surface area contributed by atoms with Crippen LogP contribution >= 0.6 is 0 Å². The van der Waals surface area contributed by atoms with E-state index >= 15 is 0 Å². The normalized spacial score (nSPS) is 12.0. The van der Waals surface area contributed by atoms with Crippen molar-refractivity contribution in [2.24, 2.45) is 4.99 Å². The summed E-state index contributed by atoms with van der Waals surface area (Å²) in [5.74, 6) is 1.95. The lowest BCUT2D eigenvalue weighted by Crippen LogP contribution is -2.45. The van der Waals surface area contributed by atoms with Gasteiger partial charge in [-0.3, -0.25) is 9.79 Å². The SMILES string of the molecule is CN=C(NCC(=O)NCCc1ccccc1)NCC(C)Oc1cccc(OC)c1. The van der Waals surface area contributed by atoms with Crippen molar-refractivity contribution in [2.75, 3.05) is 33.8 Å². The number of carbonyl (C=O) groups excluding carboxylic acids is 1. The van der Waals surface area contributed by atoms with Crippen LogP contribution in [0.3, 0.4) is 0 Å². The second-order valence-corrected chi connectivity index (χ2v) is 6.50. The highest BCUT2D eigenvalue weighted by molar-refractivity contribution is 5.86. The van der Waals surface area contributed by atoms with Crippen molar-refractivity contribution < 1.29 is 14.3 Å². The van der Waals surface area contributed by atoms with E-state index in [9.17, 15) is 4.79 Å². The number of benzene rings is 2. The van der Waals surface area contributed by atoms with Crippen LogP contribution in [0.2, 0.25) is 0 Å². The van der Waals surface area contributed by atoms with Gasteiger partial charge in [0.05, 0.1) is 20.2 Å². The zero-order valence-corrected chi connectivity index (χ0v) is 17.3. The predicted octanol–water partition coefficient (Wildman–Crippen LogP) is 1.99. The van der Waals surface area contributed by atoms with Gasteiger partial charge in [-0.05, 0) is 31.0 Å². The molecule has 7 nitrogen and oxygen atoms in total. The minimum absolute atomic E-state index is 0.0791. The molecule has 0 radical (unpaired) electrons. The number of nitrogens with zero attached hydrogens (tertiary/aromatic N) is 1. The Labute approximate surface area is 172 Å². The van der Waals surface area contributed by atoms with E-state index in [0.29, 0.717) is 19.0 Å². The molecule has 0 fully saturated rings. The van der Waals surface area contributed by atoms with Crippen LogP contribution in [-0.2, 0) is 11.2 Å². The molecule has 1 unspecified atom stereocenters. The number of methoxy groups -OCH3 is 1. The largest absolute Gasteiger partial charge is 0.497 e. The quantitative estimate of drug-likeness (QED) is 0.421. The standard InChI is InChI=1S/C22H30N4O3/c1-17(29-20-11-7-10-19(14-20)28-3)15-25-22(23-2)26-16-21(27)24-13-12-18-8-5-4-6-9-18/h4-11,14,17H,12-13,15-16H2,1-3H3,(H,24,27)(H2,23,25,26). The Bertz CT molecular complexity index is 781.